The van der Waals surface area contributed by atoms with Crippen molar-refractivity contribution in [1.82, 2.24) is 0 Å². The number of fused-ring (bicyclic) bond motifs is 3. The number of hydrogen-bond acceptors (Lipinski definition) is 0. The van der Waals surface area contributed by atoms with Gasteiger partial charge in [-0.15, -0.1) is 0 Å². The Labute approximate surface area is 135 Å². The summed E-state index contributed by atoms with van der Waals surface area (Å²) in [5.74, 6) is 0. The van der Waals surface area contributed by atoms with E-state index in [0.717, 1.165) is 6.42 Å². The van der Waals surface area contributed by atoms with Crippen LogP contribution in [0.1, 0.15) is 37.0 Å². The minimum Gasteiger partial charge on any atom is -0.0839 e. The SMILES string of the molecule is CC1(C)c2ccccc2-c2ccc(CC3=CC[C@H]3Br)cc21. The van der Waals surface area contributed by atoms with E-state index in [1.165, 1.54) is 39.8 Å². The molecular formula is C20H19Br. The van der Waals surface area contributed by atoms with Crippen molar-refractivity contribution in [2.24, 2.45) is 0 Å². The number of hydrogen-bond donors (Lipinski definition) is 0. The Balaban J connectivity index is 1.78. The molecule has 0 heterocycles. The summed E-state index contributed by atoms with van der Waals surface area (Å²) in [6, 6.07) is 15.9. The van der Waals surface area contributed by atoms with E-state index < -0.39 is 0 Å². The van der Waals surface area contributed by atoms with E-state index in [1.807, 2.05) is 0 Å². The first-order chi connectivity index (χ1) is 10.1. The van der Waals surface area contributed by atoms with Gasteiger partial charge in [0.1, 0.15) is 0 Å². The normalized spacial score (nSPS) is 21.3. The standard InChI is InChI=1S/C20H19Br/c1-20(2)17-6-4-3-5-15(17)16-9-7-13(12-18(16)20)11-14-8-10-19(14)21/h3-9,12,19H,10-11H2,1-2H3/t19-/m1/s1. The molecule has 0 amide bonds. The van der Waals surface area contributed by atoms with Gasteiger partial charge in [-0.1, -0.05) is 83.9 Å². The number of allylic oxidation sites excluding steroid dienone is 2. The molecule has 1 atom stereocenters. The third-order valence-electron chi connectivity index (χ3n) is 5.05. The molecule has 4 rings (SSSR count). The van der Waals surface area contributed by atoms with Crippen molar-refractivity contribution in [1.29, 1.82) is 0 Å². The van der Waals surface area contributed by atoms with Gasteiger partial charge in [0.15, 0.2) is 0 Å². The zero-order valence-corrected chi connectivity index (χ0v) is 14.1. The Morgan fingerprint density at radius 3 is 2.52 bits per heavy atom. The molecule has 0 unspecified atom stereocenters. The highest BCUT2D eigenvalue weighted by molar-refractivity contribution is 9.09. The van der Waals surface area contributed by atoms with E-state index in [2.05, 4.69) is 78.3 Å². The van der Waals surface area contributed by atoms with Crippen LogP contribution in [0.2, 0.25) is 0 Å². The molecule has 2 aromatic rings. The minimum atomic E-state index is 0.115. The van der Waals surface area contributed by atoms with Gasteiger partial charge in [-0.25, -0.2) is 0 Å². The highest BCUT2D eigenvalue weighted by Gasteiger charge is 2.35. The van der Waals surface area contributed by atoms with E-state index in [9.17, 15) is 0 Å². The number of halogens is 1. The summed E-state index contributed by atoms with van der Waals surface area (Å²) in [5, 5.41) is 0. The fourth-order valence-electron chi connectivity index (χ4n) is 3.65. The van der Waals surface area contributed by atoms with Gasteiger partial charge in [0.2, 0.25) is 0 Å². The molecule has 0 saturated carbocycles. The first-order valence-electron chi connectivity index (χ1n) is 7.63. The van der Waals surface area contributed by atoms with Crippen molar-refractivity contribution in [3.8, 4) is 11.1 Å². The molecule has 2 aromatic carbocycles. The maximum atomic E-state index is 3.72. The lowest BCUT2D eigenvalue weighted by Crippen LogP contribution is -2.16. The maximum Gasteiger partial charge on any atom is 0.0392 e. The predicted molar refractivity (Wildman–Crippen MR) is 93.1 cm³/mol. The van der Waals surface area contributed by atoms with Gasteiger partial charge in [-0.3, -0.25) is 0 Å². The monoisotopic (exact) mass is 338 g/mol. The molecule has 2 aliphatic carbocycles. The number of alkyl halides is 1. The van der Waals surface area contributed by atoms with Gasteiger partial charge < -0.3 is 0 Å². The Hall–Kier alpha value is -1.34. The summed E-state index contributed by atoms with van der Waals surface area (Å²) in [7, 11) is 0. The lowest BCUT2D eigenvalue weighted by molar-refractivity contribution is 0.659. The summed E-state index contributed by atoms with van der Waals surface area (Å²) in [6.07, 6.45) is 4.61. The predicted octanol–water partition coefficient (Wildman–Crippen LogP) is 5.63. The molecule has 21 heavy (non-hydrogen) atoms. The molecule has 0 aliphatic heterocycles. The van der Waals surface area contributed by atoms with E-state index in [-0.39, 0.29) is 5.41 Å². The van der Waals surface area contributed by atoms with Crippen LogP contribution < -0.4 is 0 Å². The van der Waals surface area contributed by atoms with Crippen LogP contribution in [0.3, 0.4) is 0 Å². The van der Waals surface area contributed by atoms with Crippen LogP contribution >= 0.6 is 15.9 Å². The van der Waals surface area contributed by atoms with Crippen molar-refractivity contribution in [2.45, 2.75) is 36.9 Å². The van der Waals surface area contributed by atoms with Crippen LogP contribution in [0.15, 0.2) is 54.1 Å². The van der Waals surface area contributed by atoms with Gasteiger partial charge >= 0.3 is 0 Å². The first kappa shape index (κ1) is 13.3. The quantitative estimate of drug-likeness (QED) is 0.491. The molecule has 0 nitrogen and oxygen atoms in total. The maximum absolute atomic E-state index is 3.72. The third kappa shape index (κ3) is 1.94. The second-order valence-electron chi connectivity index (χ2n) is 6.71. The fourth-order valence-corrected chi connectivity index (χ4v) is 4.19. The summed E-state index contributed by atoms with van der Waals surface area (Å²) in [6.45, 7) is 4.69. The van der Waals surface area contributed by atoms with Gasteiger partial charge in [0, 0.05) is 10.2 Å². The van der Waals surface area contributed by atoms with Crippen LogP contribution in [0.4, 0.5) is 0 Å². The van der Waals surface area contributed by atoms with Crippen molar-refractivity contribution >= 4 is 15.9 Å². The molecule has 0 N–H and O–H groups in total. The molecule has 0 spiro atoms. The van der Waals surface area contributed by atoms with Crippen LogP contribution in [0, 0.1) is 0 Å². The molecule has 106 valence electrons. The highest BCUT2D eigenvalue weighted by atomic mass is 79.9. The second kappa shape index (κ2) is 4.58. The Bertz CT molecular complexity index is 752. The average Bonchev–Trinajstić information content (AvgIpc) is 2.72. The Kier molecular flexibility index (Phi) is 2.91. The summed E-state index contributed by atoms with van der Waals surface area (Å²) < 4.78 is 0. The summed E-state index contributed by atoms with van der Waals surface area (Å²) in [5.41, 5.74) is 8.84. The van der Waals surface area contributed by atoms with Gasteiger partial charge in [0.25, 0.3) is 0 Å². The largest absolute Gasteiger partial charge is 0.0839 e. The number of rotatable bonds is 2. The van der Waals surface area contributed by atoms with Crippen LogP contribution in [0.5, 0.6) is 0 Å². The molecule has 0 fully saturated rings. The molecular weight excluding hydrogens is 320 g/mol. The van der Waals surface area contributed by atoms with E-state index >= 15 is 0 Å². The zero-order valence-electron chi connectivity index (χ0n) is 12.5. The minimum absolute atomic E-state index is 0.115. The molecule has 0 saturated heterocycles. The number of benzene rings is 2. The van der Waals surface area contributed by atoms with Crippen molar-refractivity contribution in [3.63, 3.8) is 0 Å². The molecule has 0 radical (unpaired) electrons. The molecule has 1 heteroatoms. The van der Waals surface area contributed by atoms with Crippen molar-refractivity contribution < 1.29 is 0 Å². The lowest BCUT2D eigenvalue weighted by atomic mass is 9.81. The molecule has 0 aromatic heterocycles. The van der Waals surface area contributed by atoms with Crippen molar-refractivity contribution in [3.05, 3.63) is 70.8 Å². The van der Waals surface area contributed by atoms with Crippen LogP contribution in [0.25, 0.3) is 11.1 Å². The van der Waals surface area contributed by atoms with Gasteiger partial charge in [-0.05, 0) is 40.7 Å². The topological polar surface area (TPSA) is 0 Å². The third-order valence-corrected chi connectivity index (χ3v) is 6.01. The van der Waals surface area contributed by atoms with E-state index in [4.69, 9.17) is 0 Å². The lowest BCUT2D eigenvalue weighted by Gasteiger charge is -2.24. The van der Waals surface area contributed by atoms with E-state index in [0.29, 0.717) is 4.83 Å². The average molecular weight is 339 g/mol. The highest BCUT2D eigenvalue weighted by Crippen LogP contribution is 2.48. The second-order valence-corrected chi connectivity index (χ2v) is 7.81. The van der Waals surface area contributed by atoms with Gasteiger partial charge in [0.05, 0.1) is 0 Å². The summed E-state index contributed by atoms with van der Waals surface area (Å²) in [4.78, 5) is 0.593. The van der Waals surface area contributed by atoms with Gasteiger partial charge in [-0.2, -0.15) is 0 Å². The smallest absolute Gasteiger partial charge is 0.0392 e. The molecule has 0 bridgehead atoms. The molecule has 2 aliphatic rings. The Morgan fingerprint density at radius 2 is 1.81 bits per heavy atom. The Morgan fingerprint density at radius 1 is 1.05 bits per heavy atom. The first-order valence-corrected chi connectivity index (χ1v) is 8.55. The fraction of sp³-hybridized carbons (Fsp3) is 0.300. The van der Waals surface area contributed by atoms with Crippen molar-refractivity contribution in [2.75, 3.05) is 0 Å². The summed E-state index contributed by atoms with van der Waals surface area (Å²) >= 11 is 3.72. The zero-order chi connectivity index (χ0) is 14.6. The van der Waals surface area contributed by atoms with Crippen LogP contribution in [-0.2, 0) is 11.8 Å². The van der Waals surface area contributed by atoms with Crippen LogP contribution in [-0.4, -0.2) is 4.83 Å². The van der Waals surface area contributed by atoms with E-state index in [1.54, 1.807) is 0 Å².